The highest BCUT2D eigenvalue weighted by molar-refractivity contribution is 5.71. The first-order chi connectivity index (χ1) is 17.2. The van der Waals surface area contributed by atoms with E-state index >= 15 is 0 Å². The number of esters is 1. The predicted molar refractivity (Wildman–Crippen MR) is 152 cm³/mol. The Balaban J connectivity index is 3.79. The van der Waals surface area contributed by atoms with Crippen molar-refractivity contribution in [3.05, 3.63) is 60.8 Å². The molecular formula is C31H52NO4+. The van der Waals surface area contributed by atoms with Gasteiger partial charge >= 0.3 is 11.9 Å². The van der Waals surface area contributed by atoms with Crippen LogP contribution in [0.5, 0.6) is 0 Å². The number of unbranched alkanes of at least 4 members (excludes halogenated alkanes) is 5. The maximum absolute atomic E-state index is 12.1. The molecule has 0 aromatic carbocycles. The fraction of sp³-hybridized carbons (Fsp3) is 0.613. The van der Waals surface area contributed by atoms with Crippen LogP contribution in [0.2, 0.25) is 0 Å². The number of carboxylic acid groups (broad SMARTS) is 1. The molecule has 1 unspecified atom stereocenters. The molecule has 204 valence electrons. The quantitative estimate of drug-likeness (QED) is 0.0718. The van der Waals surface area contributed by atoms with Crippen molar-refractivity contribution in [1.29, 1.82) is 0 Å². The van der Waals surface area contributed by atoms with Gasteiger partial charge in [0.1, 0.15) is 6.54 Å². The summed E-state index contributed by atoms with van der Waals surface area (Å²) in [5.41, 5.74) is 0. The summed E-state index contributed by atoms with van der Waals surface area (Å²) in [5, 5.41) is 9.03. The van der Waals surface area contributed by atoms with E-state index in [1.54, 1.807) is 0 Å². The molecule has 5 nitrogen and oxygen atoms in total. The Bertz CT molecular complexity index is 711. The summed E-state index contributed by atoms with van der Waals surface area (Å²) in [5.74, 6) is -1.25. The maximum Gasteiger partial charge on any atom is 0.307 e. The lowest BCUT2D eigenvalue weighted by Gasteiger charge is -2.28. The summed E-state index contributed by atoms with van der Waals surface area (Å²) in [4.78, 5) is 23.1. The minimum absolute atomic E-state index is 0.151. The van der Waals surface area contributed by atoms with Crippen LogP contribution in [0.3, 0.4) is 0 Å². The molecule has 0 aromatic heterocycles. The SMILES string of the molecule is CCCCC/C=C\C/C=C\C/C=C/C/C=C/C/C=C/CCCCC(=O)OC(CC(=O)O)C[N+](C)(C)C. The number of quaternary nitrogens is 1. The number of ether oxygens (including phenoxy) is 1. The van der Waals surface area contributed by atoms with E-state index in [0.29, 0.717) is 17.4 Å². The highest BCUT2D eigenvalue weighted by atomic mass is 16.5. The molecule has 5 heteroatoms. The second-order valence-corrected chi connectivity index (χ2v) is 10.2. The van der Waals surface area contributed by atoms with E-state index in [1.165, 1.54) is 25.7 Å². The van der Waals surface area contributed by atoms with Gasteiger partial charge in [-0.3, -0.25) is 9.59 Å². The molecule has 0 radical (unpaired) electrons. The zero-order valence-corrected chi connectivity index (χ0v) is 23.4. The Kier molecular flexibility index (Phi) is 21.5. The van der Waals surface area contributed by atoms with Crippen LogP contribution in [0.25, 0.3) is 0 Å². The number of hydrogen-bond donors (Lipinski definition) is 1. The van der Waals surface area contributed by atoms with E-state index in [0.717, 1.165) is 44.9 Å². The van der Waals surface area contributed by atoms with Gasteiger partial charge in [0.2, 0.25) is 0 Å². The van der Waals surface area contributed by atoms with Crippen molar-refractivity contribution in [3.63, 3.8) is 0 Å². The number of carboxylic acids is 1. The molecule has 0 amide bonds. The lowest BCUT2D eigenvalue weighted by atomic mass is 10.1. The monoisotopic (exact) mass is 502 g/mol. The van der Waals surface area contributed by atoms with Crippen molar-refractivity contribution < 1.29 is 23.9 Å². The third-order valence-electron chi connectivity index (χ3n) is 5.35. The van der Waals surface area contributed by atoms with Crippen molar-refractivity contribution in [2.45, 2.75) is 96.5 Å². The Morgan fingerprint density at radius 3 is 1.58 bits per heavy atom. The molecule has 0 saturated heterocycles. The van der Waals surface area contributed by atoms with Crippen LogP contribution in [-0.2, 0) is 14.3 Å². The topological polar surface area (TPSA) is 63.6 Å². The zero-order chi connectivity index (χ0) is 26.9. The van der Waals surface area contributed by atoms with E-state index in [1.807, 2.05) is 21.1 Å². The molecule has 0 aliphatic carbocycles. The molecule has 0 spiro atoms. The first-order valence-electron chi connectivity index (χ1n) is 13.7. The lowest BCUT2D eigenvalue weighted by Crippen LogP contribution is -2.43. The van der Waals surface area contributed by atoms with E-state index in [-0.39, 0.29) is 12.4 Å². The van der Waals surface area contributed by atoms with Crippen molar-refractivity contribution in [2.75, 3.05) is 27.7 Å². The van der Waals surface area contributed by atoms with Gasteiger partial charge in [-0.05, 0) is 57.8 Å². The third-order valence-corrected chi connectivity index (χ3v) is 5.35. The highest BCUT2D eigenvalue weighted by Gasteiger charge is 2.24. The van der Waals surface area contributed by atoms with E-state index < -0.39 is 12.1 Å². The molecule has 0 saturated carbocycles. The summed E-state index contributed by atoms with van der Waals surface area (Å²) in [7, 11) is 5.86. The Hall–Kier alpha value is -2.40. The number of aliphatic carboxylic acids is 1. The molecular weight excluding hydrogens is 450 g/mol. The Labute approximate surface area is 220 Å². The van der Waals surface area contributed by atoms with Crippen molar-refractivity contribution in [3.8, 4) is 0 Å². The molecule has 0 rings (SSSR count). The number of carbonyl (C=O) groups excluding carboxylic acids is 1. The van der Waals surface area contributed by atoms with Crippen molar-refractivity contribution in [2.24, 2.45) is 0 Å². The summed E-state index contributed by atoms with van der Waals surface area (Å²) >= 11 is 0. The average Bonchev–Trinajstić information content (AvgIpc) is 2.78. The number of nitrogens with zero attached hydrogens (tertiary/aromatic N) is 1. The van der Waals surface area contributed by atoms with Gasteiger partial charge in [0, 0.05) is 6.42 Å². The normalized spacial score (nSPS) is 13.7. The Morgan fingerprint density at radius 2 is 1.17 bits per heavy atom. The van der Waals surface area contributed by atoms with E-state index in [4.69, 9.17) is 9.84 Å². The number of rotatable bonds is 22. The van der Waals surface area contributed by atoms with E-state index in [9.17, 15) is 9.59 Å². The van der Waals surface area contributed by atoms with Gasteiger partial charge in [0.25, 0.3) is 0 Å². The van der Waals surface area contributed by atoms with Crippen LogP contribution >= 0.6 is 0 Å². The molecule has 0 heterocycles. The van der Waals surface area contributed by atoms with Crippen LogP contribution in [0.15, 0.2) is 60.8 Å². The lowest BCUT2D eigenvalue weighted by molar-refractivity contribution is -0.873. The van der Waals surface area contributed by atoms with Gasteiger partial charge in [0.15, 0.2) is 6.10 Å². The van der Waals surface area contributed by atoms with Gasteiger partial charge in [-0.1, -0.05) is 80.5 Å². The highest BCUT2D eigenvalue weighted by Crippen LogP contribution is 2.09. The number of likely N-dealkylation sites (N-methyl/N-ethyl adjacent to an activating group) is 1. The van der Waals surface area contributed by atoms with Crippen LogP contribution in [0.4, 0.5) is 0 Å². The second kappa shape index (κ2) is 23.0. The zero-order valence-electron chi connectivity index (χ0n) is 23.4. The van der Waals surface area contributed by atoms with Crippen LogP contribution in [-0.4, -0.2) is 55.3 Å². The smallest absolute Gasteiger partial charge is 0.307 e. The summed E-state index contributed by atoms with van der Waals surface area (Å²) in [6, 6.07) is 0. The number of carbonyl (C=O) groups is 2. The fourth-order valence-electron chi connectivity index (χ4n) is 3.56. The van der Waals surface area contributed by atoms with Gasteiger partial charge in [0.05, 0.1) is 27.6 Å². The van der Waals surface area contributed by atoms with Gasteiger partial charge in [-0.2, -0.15) is 0 Å². The molecule has 0 aliphatic rings. The molecule has 0 aromatic rings. The molecule has 0 aliphatic heterocycles. The second-order valence-electron chi connectivity index (χ2n) is 10.2. The Morgan fingerprint density at radius 1 is 0.722 bits per heavy atom. The van der Waals surface area contributed by atoms with Gasteiger partial charge in [-0.25, -0.2) is 0 Å². The van der Waals surface area contributed by atoms with Crippen molar-refractivity contribution >= 4 is 11.9 Å². The molecule has 1 atom stereocenters. The minimum atomic E-state index is -0.944. The predicted octanol–water partition coefficient (Wildman–Crippen LogP) is 7.56. The summed E-state index contributed by atoms with van der Waals surface area (Å²) in [6.45, 7) is 2.72. The first kappa shape index (κ1) is 33.6. The largest absolute Gasteiger partial charge is 0.481 e. The standard InChI is InChI=1S/C31H51NO4/c1-5-6-7-8-9-10-11-12-13-14-15-16-17-18-19-20-21-22-23-24-25-26-31(35)36-29(27-30(33)34)28-32(2,3)4/h9-10,12-13,15-16,18-19,21-22,29H,5-8,11,14,17,20,23-28H2,1-4H3/p+1/b10-9-,13-12-,16-15+,19-18+,22-21+. The summed E-state index contributed by atoms with van der Waals surface area (Å²) < 4.78 is 5.96. The van der Waals surface area contributed by atoms with Crippen LogP contribution in [0, 0.1) is 0 Å². The molecule has 36 heavy (non-hydrogen) atoms. The van der Waals surface area contributed by atoms with Gasteiger partial charge in [-0.15, -0.1) is 0 Å². The first-order valence-corrected chi connectivity index (χ1v) is 13.7. The summed E-state index contributed by atoms with van der Waals surface area (Å²) in [6.07, 6.45) is 33.3. The van der Waals surface area contributed by atoms with Crippen LogP contribution < -0.4 is 0 Å². The van der Waals surface area contributed by atoms with Crippen LogP contribution in [0.1, 0.15) is 90.4 Å². The molecule has 1 N–H and O–H groups in total. The van der Waals surface area contributed by atoms with Crippen molar-refractivity contribution in [1.82, 2.24) is 0 Å². The number of allylic oxidation sites excluding steroid dienone is 10. The fourth-order valence-corrected chi connectivity index (χ4v) is 3.56. The molecule has 0 fully saturated rings. The molecule has 0 bridgehead atoms. The van der Waals surface area contributed by atoms with Gasteiger partial charge < -0.3 is 14.3 Å². The maximum atomic E-state index is 12.1. The number of hydrogen-bond acceptors (Lipinski definition) is 3. The average molecular weight is 503 g/mol. The minimum Gasteiger partial charge on any atom is -0.481 e. The van der Waals surface area contributed by atoms with E-state index in [2.05, 4.69) is 67.7 Å². The third kappa shape index (κ3) is 26.2.